The van der Waals surface area contributed by atoms with Crippen LogP contribution in [0.3, 0.4) is 0 Å². The number of nitrogens with zero attached hydrogens (tertiary/aromatic N) is 2. The van der Waals surface area contributed by atoms with E-state index in [2.05, 4.69) is 0 Å². The summed E-state index contributed by atoms with van der Waals surface area (Å²) in [5, 5.41) is 0.519. The van der Waals surface area contributed by atoms with Gasteiger partial charge in [-0.2, -0.15) is 0 Å². The normalized spacial score (nSPS) is 13.5. The third-order valence-corrected chi connectivity index (χ3v) is 6.44. The Morgan fingerprint density at radius 3 is 2.67 bits per heavy atom. The van der Waals surface area contributed by atoms with Crippen LogP contribution in [-0.4, -0.2) is 33.7 Å². The van der Waals surface area contributed by atoms with E-state index in [0.29, 0.717) is 35.7 Å². The van der Waals surface area contributed by atoms with Gasteiger partial charge < -0.3 is 4.90 Å². The highest BCUT2D eigenvalue weighted by Crippen LogP contribution is 2.30. The zero-order valence-corrected chi connectivity index (χ0v) is 17.1. The molecule has 2 aromatic rings. The quantitative estimate of drug-likeness (QED) is 0.733. The first kappa shape index (κ1) is 19.7. The molecule has 0 saturated carbocycles. The van der Waals surface area contributed by atoms with Crippen molar-refractivity contribution in [2.75, 3.05) is 28.6 Å². The van der Waals surface area contributed by atoms with Crippen LogP contribution in [0, 0.1) is 6.92 Å². The van der Waals surface area contributed by atoms with E-state index < -0.39 is 10.0 Å². The monoisotopic (exact) mass is 406 g/mol. The van der Waals surface area contributed by atoms with Gasteiger partial charge in [-0.25, -0.2) is 8.42 Å². The van der Waals surface area contributed by atoms with E-state index in [0.717, 1.165) is 12.1 Å². The summed E-state index contributed by atoms with van der Waals surface area (Å²) in [6.45, 7) is 2.71. The molecule has 0 radical (unpaired) electrons. The minimum atomic E-state index is -3.47. The Balaban J connectivity index is 1.69. The Labute approximate surface area is 165 Å². The van der Waals surface area contributed by atoms with Crippen molar-refractivity contribution in [3.05, 3.63) is 58.6 Å². The molecule has 0 aliphatic carbocycles. The molecular formula is C20H23ClN2O3S. The van der Waals surface area contributed by atoms with E-state index in [1.165, 1.54) is 16.1 Å². The Kier molecular flexibility index (Phi) is 5.77. The van der Waals surface area contributed by atoms with Gasteiger partial charge in [-0.05, 0) is 49.1 Å². The van der Waals surface area contributed by atoms with Crippen molar-refractivity contribution >= 4 is 38.9 Å². The molecule has 0 unspecified atom stereocenters. The second-order valence-corrected chi connectivity index (χ2v) is 9.06. The number of anilines is 2. The first-order valence-corrected chi connectivity index (χ1v) is 11.1. The molecule has 1 aliphatic heterocycles. The molecule has 7 heteroatoms. The number of rotatable bonds is 6. The molecule has 1 heterocycles. The number of sulfonamides is 1. The van der Waals surface area contributed by atoms with E-state index >= 15 is 0 Å². The summed E-state index contributed by atoms with van der Waals surface area (Å²) < 4.78 is 25.9. The van der Waals surface area contributed by atoms with Crippen molar-refractivity contribution in [1.29, 1.82) is 0 Å². The van der Waals surface area contributed by atoms with Crippen LogP contribution in [-0.2, 0) is 21.2 Å². The first-order valence-electron chi connectivity index (χ1n) is 8.90. The fraction of sp³-hybridized carbons (Fsp3) is 0.350. The summed E-state index contributed by atoms with van der Waals surface area (Å²) in [7, 11) is -3.47. The van der Waals surface area contributed by atoms with Crippen LogP contribution < -0.4 is 9.21 Å². The Bertz CT molecular complexity index is 959. The van der Waals surface area contributed by atoms with E-state index in [1.54, 1.807) is 30.0 Å². The number of hydrogen-bond acceptors (Lipinski definition) is 3. The van der Waals surface area contributed by atoms with E-state index in [-0.39, 0.29) is 12.5 Å². The lowest BCUT2D eigenvalue weighted by Crippen LogP contribution is -2.33. The van der Waals surface area contributed by atoms with Crippen molar-refractivity contribution in [3.8, 4) is 0 Å². The Morgan fingerprint density at radius 1 is 1.19 bits per heavy atom. The van der Waals surface area contributed by atoms with Crippen molar-refractivity contribution in [3.63, 3.8) is 0 Å². The number of para-hydroxylation sites is 1. The topological polar surface area (TPSA) is 57.7 Å². The third-order valence-electron chi connectivity index (χ3n) is 4.85. The lowest BCUT2D eigenvalue weighted by molar-refractivity contribution is -0.118. The third kappa shape index (κ3) is 4.28. The van der Waals surface area contributed by atoms with Gasteiger partial charge in [0.05, 0.1) is 11.9 Å². The lowest BCUT2D eigenvalue weighted by atomic mass is 10.2. The molecule has 0 fully saturated rings. The fourth-order valence-electron chi connectivity index (χ4n) is 3.44. The van der Waals surface area contributed by atoms with Crippen LogP contribution in [0.15, 0.2) is 42.5 Å². The molecule has 3 rings (SSSR count). The van der Waals surface area contributed by atoms with Gasteiger partial charge >= 0.3 is 0 Å². The van der Waals surface area contributed by atoms with Gasteiger partial charge in [-0.15, -0.1) is 0 Å². The fourth-order valence-corrected chi connectivity index (χ4v) is 4.62. The minimum Gasteiger partial charge on any atom is -0.312 e. The van der Waals surface area contributed by atoms with Crippen LogP contribution in [0.4, 0.5) is 11.4 Å². The van der Waals surface area contributed by atoms with Gasteiger partial charge in [-0.3, -0.25) is 9.10 Å². The van der Waals surface area contributed by atoms with Crippen molar-refractivity contribution in [2.24, 2.45) is 0 Å². The van der Waals surface area contributed by atoms with Gasteiger partial charge in [-0.1, -0.05) is 35.9 Å². The molecule has 5 nitrogen and oxygen atoms in total. The highest BCUT2D eigenvalue weighted by molar-refractivity contribution is 7.92. The highest BCUT2D eigenvalue weighted by atomic mass is 35.5. The Hall–Kier alpha value is -2.05. The molecule has 1 amide bonds. The molecule has 0 aromatic heterocycles. The predicted molar refractivity (Wildman–Crippen MR) is 110 cm³/mol. The molecule has 0 atom stereocenters. The molecule has 144 valence electrons. The minimum absolute atomic E-state index is 0.0243. The van der Waals surface area contributed by atoms with Crippen molar-refractivity contribution < 1.29 is 13.2 Å². The van der Waals surface area contributed by atoms with E-state index in [4.69, 9.17) is 11.6 Å². The summed E-state index contributed by atoms with van der Waals surface area (Å²) in [5.41, 5.74) is 3.42. The van der Waals surface area contributed by atoms with Gasteiger partial charge in [0.2, 0.25) is 15.9 Å². The average Bonchev–Trinajstić information content (AvgIpc) is 3.04. The number of carbonyl (C=O) groups is 1. The standard InChI is InChI=1S/C20H23ClN2O3S/c1-15-17(21)8-5-10-18(15)23(27(2,25)26)13-6-11-20(24)22-14-12-16-7-3-4-9-19(16)22/h3-5,7-10H,6,11-14H2,1-2H3. The average molecular weight is 407 g/mol. The summed E-state index contributed by atoms with van der Waals surface area (Å²) in [6.07, 6.45) is 2.77. The molecule has 0 N–H and O–H groups in total. The SMILES string of the molecule is Cc1c(Cl)cccc1N(CCCC(=O)N1CCc2ccccc21)S(C)(=O)=O. The van der Waals surface area contributed by atoms with Crippen LogP contribution >= 0.6 is 11.6 Å². The number of fused-ring (bicyclic) bond motifs is 1. The van der Waals surface area contributed by atoms with Crippen LogP contribution in [0.1, 0.15) is 24.0 Å². The summed E-state index contributed by atoms with van der Waals surface area (Å²) >= 11 is 6.14. The summed E-state index contributed by atoms with van der Waals surface area (Å²) in [6, 6.07) is 13.1. The van der Waals surface area contributed by atoms with Crippen LogP contribution in [0.5, 0.6) is 0 Å². The number of halogens is 1. The highest BCUT2D eigenvalue weighted by Gasteiger charge is 2.25. The predicted octanol–water partition coefficient (Wildman–Crippen LogP) is 3.78. The van der Waals surface area contributed by atoms with E-state index in [9.17, 15) is 13.2 Å². The first-order chi connectivity index (χ1) is 12.8. The zero-order chi connectivity index (χ0) is 19.6. The van der Waals surface area contributed by atoms with Crippen molar-refractivity contribution in [1.82, 2.24) is 0 Å². The molecular weight excluding hydrogens is 384 g/mol. The zero-order valence-electron chi connectivity index (χ0n) is 15.5. The number of hydrogen-bond donors (Lipinski definition) is 0. The molecule has 27 heavy (non-hydrogen) atoms. The molecule has 2 aromatic carbocycles. The maximum absolute atomic E-state index is 12.6. The molecule has 0 saturated heterocycles. The summed E-state index contributed by atoms with van der Waals surface area (Å²) in [5.74, 6) is 0.0243. The second kappa shape index (κ2) is 7.90. The Morgan fingerprint density at radius 2 is 1.93 bits per heavy atom. The van der Waals surface area contributed by atoms with Crippen molar-refractivity contribution in [2.45, 2.75) is 26.2 Å². The summed E-state index contributed by atoms with van der Waals surface area (Å²) in [4.78, 5) is 14.4. The molecule has 1 aliphatic rings. The smallest absolute Gasteiger partial charge is 0.232 e. The largest absolute Gasteiger partial charge is 0.312 e. The lowest BCUT2D eigenvalue weighted by Gasteiger charge is -2.25. The molecule has 0 bridgehead atoms. The van der Waals surface area contributed by atoms with Gasteiger partial charge in [0.15, 0.2) is 0 Å². The molecule has 0 spiro atoms. The van der Waals surface area contributed by atoms with Gasteiger partial charge in [0.25, 0.3) is 0 Å². The van der Waals surface area contributed by atoms with E-state index in [1.807, 2.05) is 24.3 Å². The second-order valence-electron chi connectivity index (χ2n) is 6.75. The van der Waals surface area contributed by atoms with Gasteiger partial charge in [0.1, 0.15) is 0 Å². The maximum Gasteiger partial charge on any atom is 0.232 e. The number of carbonyl (C=O) groups excluding carboxylic acids is 1. The van der Waals surface area contributed by atoms with Crippen LogP contribution in [0.25, 0.3) is 0 Å². The number of amides is 1. The van der Waals surface area contributed by atoms with Crippen LogP contribution in [0.2, 0.25) is 5.02 Å². The number of benzene rings is 2. The van der Waals surface area contributed by atoms with Gasteiger partial charge in [0, 0.05) is 30.2 Å². The maximum atomic E-state index is 12.6.